The normalized spacial score (nSPS) is 15.2. The summed E-state index contributed by atoms with van der Waals surface area (Å²) in [5, 5.41) is 6.18. The second-order valence-electron chi connectivity index (χ2n) is 6.10. The van der Waals surface area contributed by atoms with Gasteiger partial charge in [-0.25, -0.2) is 0 Å². The number of carbonyl (C=O) groups excluding carboxylic acids is 1. The fraction of sp³-hybridized carbons (Fsp3) is 0.611. The molecular formula is C18H26F2N2O3. The van der Waals surface area contributed by atoms with E-state index >= 15 is 0 Å². The Morgan fingerprint density at radius 3 is 2.76 bits per heavy atom. The Hall–Kier alpha value is -1.89. The molecule has 25 heavy (non-hydrogen) atoms. The third-order valence-corrected chi connectivity index (χ3v) is 4.25. The SMILES string of the molecule is CCOc1cc(CNC(=O)CCC2CCNCC2)ccc1OC(F)F. The van der Waals surface area contributed by atoms with Crippen molar-refractivity contribution in [2.24, 2.45) is 5.92 Å². The molecule has 7 heteroatoms. The molecule has 2 N–H and O–H groups in total. The first-order chi connectivity index (χ1) is 12.1. The van der Waals surface area contributed by atoms with Gasteiger partial charge >= 0.3 is 6.61 Å². The molecule has 1 aromatic carbocycles. The maximum Gasteiger partial charge on any atom is 0.387 e. The zero-order chi connectivity index (χ0) is 18.1. The van der Waals surface area contributed by atoms with Gasteiger partial charge in [-0.2, -0.15) is 8.78 Å². The van der Waals surface area contributed by atoms with Crippen molar-refractivity contribution in [1.82, 2.24) is 10.6 Å². The predicted molar refractivity (Wildman–Crippen MR) is 90.9 cm³/mol. The number of carbonyl (C=O) groups is 1. The highest BCUT2D eigenvalue weighted by Gasteiger charge is 2.15. The van der Waals surface area contributed by atoms with Gasteiger partial charge in [0.2, 0.25) is 5.91 Å². The van der Waals surface area contributed by atoms with Crippen LogP contribution in [0.25, 0.3) is 0 Å². The van der Waals surface area contributed by atoms with E-state index in [1.165, 1.54) is 6.07 Å². The molecule has 0 aliphatic carbocycles. The van der Waals surface area contributed by atoms with Crippen LogP contribution in [0, 0.1) is 5.92 Å². The number of hydrogen-bond donors (Lipinski definition) is 2. The van der Waals surface area contributed by atoms with E-state index in [4.69, 9.17) is 4.74 Å². The molecule has 0 aromatic heterocycles. The van der Waals surface area contributed by atoms with Crippen molar-refractivity contribution in [2.75, 3.05) is 19.7 Å². The molecule has 2 rings (SSSR count). The fourth-order valence-electron chi connectivity index (χ4n) is 2.92. The number of rotatable bonds is 9. The molecule has 1 saturated heterocycles. The minimum absolute atomic E-state index is 0.00201. The first-order valence-corrected chi connectivity index (χ1v) is 8.76. The molecule has 0 bridgehead atoms. The van der Waals surface area contributed by atoms with Gasteiger partial charge < -0.3 is 20.1 Å². The van der Waals surface area contributed by atoms with Gasteiger partial charge in [-0.3, -0.25) is 4.79 Å². The highest BCUT2D eigenvalue weighted by atomic mass is 19.3. The number of benzene rings is 1. The minimum atomic E-state index is -2.90. The number of piperidine rings is 1. The quantitative estimate of drug-likeness (QED) is 0.714. The summed E-state index contributed by atoms with van der Waals surface area (Å²) in [6, 6.07) is 4.70. The third kappa shape index (κ3) is 6.86. The largest absolute Gasteiger partial charge is 0.490 e. The molecule has 1 heterocycles. The van der Waals surface area contributed by atoms with Gasteiger partial charge in [0.25, 0.3) is 0 Å². The Morgan fingerprint density at radius 1 is 1.32 bits per heavy atom. The summed E-state index contributed by atoms with van der Waals surface area (Å²) in [6.45, 7) is 1.59. The van der Waals surface area contributed by atoms with Crippen LogP contribution in [0.2, 0.25) is 0 Å². The molecule has 1 fully saturated rings. The van der Waals surface area contributed by atoms with E-state index < -0.39 is 6.61 Å². The molecule has 5 nitrogen and oxygen atoms in total. The molecule has 1 amide bonds. The van der Waals surface area contributed by atoms with Crippen LogP contribution in [0.15, 0.2) is 18.2 Å². The molecule has 0 atom stereocenters. The van der Waals surface area contributed by atoms with Crippen LogP contribution in [0.4, 0.5) is 8.78 Å². The van der Waals surface area contributed by atoms with Crippen molar-refractivity contribution in [3.63, 3.8) is 0 Å². The summed E-state index contributed by atoms with van der Waals surface area (Å²) in [5.41, 5.74) is 0.778. The second-order valence-corrected chi connectivity index (χ2v) is 6.10. The lowest BCUT2D eigenvalue weighted by Gasteiger charge is -2.22. The van der Waals surface area contributed by atoms with Gasteiger partial charge in [0, 0.05) is 13.0 Å². The second kappa shape index (κ2) is 10.2. The smallest absolute Gasteiger partial charge is 0.387 e. The first kappa shape index (κ1) is 19.4. The summed E-state index contributed by atoms with van der Waals surface area (Å²) >= 11 is 0. The Labute approximate surface area is 147 Å². The predicted octanol–water partition coefficient (Wildman–Crippen LogP) is 3.08. The van der Waals surface area contributed by atoms with E-state index in [1.807, 2.05) is 0 Å². The van der Waals surface area contributed by atoms with Crippen molar-refractivity contribution < 1.29 is 23.0 Å². The van der Waals surface area contributed by atoms with Gasteiger partial charge in [-0.05, 0) is 62.9 Å². The summed E-state index contributed by atoms with van der Waals surface area (Å²) < 4.78 is 34.6. The number of halogens is 2. The Balaban J connectivity index is 1.82. The standard InChI is InChI=1S/C18H26F2N2O3/c1-2-24-16-11-14(3-5-15(16)25-18(19)20)12-22-17(23)6-4-13-7-9-21-10-8-13/h3,5,11,13,18,21H,2,4,6-10,12H2,1H3,(H,22,23). The van der Waals surface area contributed by atoms with Crippen molar-refractivity contribution in [3.8, 4) is 11.5 Å². The summed E-state index contributed by atoms with van der Waals surface area (Å²) in [7, 11) is 0. The molecule has 0 saturated carbocycles. The average Bonchev–Trinajstić information content (AvgIpc) is 2.61. The number of hydrogen-bond acceptors (Lipinski definition) is 4. The molecule has 0 spiro atoms. The fourth-order valence-corrected chi connectivity index (χ4v) is 2.92. The first-order valence-electron chi connectivity index (χ1n) is 8.76. The maximum atomic E-state index is 12.4. The third-order valence-electron chi connectivity index (χ3n) is 4.25. The van der Waals surface area contributed by atoms with Crippen LogP contribution < -0.4 is 20.1 Å². The molecule has 140 valence electrons. The van der Waals surface area contributed by atoms with Gasteiger partial charge in [0.05, 0.1) is 6.61 Å². The zero-order valence-corrected chi connectivity index (χ0v) is 14.5. The van der Waals surface area contributed by atoms with Crippen LogP contribution in [0.3, 0.4) is 0 Å². The number of alkyl halides is 2. The zero-order valence-electron chi connectivity index (χ0n) is 14.5. The van der Waals surface area contributed by atoms with Crippen LogP contribution in [0.5, 0.6) is 11.5 Å². The molecule has 1 aromatic rings. The van der Waals surface area contributed by atoms with Crippen LogP contribution in [-0.4, -0.2) is 32.2 Å². The highest BCUT2D eigenvalue weighted by Crippen LogP contribution is 2.29. The highest BCUT2D eigenvalue weighted by molar-refractivity contribution is 5.75. The lowest BCUT2D eigenvalue weighted by molar-refractivity contribution is -0.121. The van der Waals surface area contributed by atoms with Crippen molar-refractivity contribution in [1.29, 1.82) is 0 Å². The Kier molecular flexibility index (Phi) is 7.91. The van der Waals surface area contributed by atoms with Gasteiger partial charge in [-0.1, -0.05) is 6.07 Å². The number of amides is 1. The monoisotopic (exact) mass is 356 g/mol. The van der Waals surface area contributed by atoms with Crippen molar-refractivity contribution >= 4 is 5.91 Å². The van der Waals surface area contributed by atoms with Crippen LogP contribution >= 0.6 is 0 Å². The van der Waals surface area contributed by atoms with Crippen molar-refractivity contribution in [2.45, 2.75) is 45.8 Å². The number of nitrogens with one attached hydrogen (secondary N) is 2. The number of ether oxygens (including phenoxy) is 2. The molecule has 1 aliphatic rings. The lowest BCUT2D eigenvalue weighted by Crippen LogP contribution is -2.29. The average molecular weight is 356 g/mol. The maximum absolute atomic E-state index is 12.4. The summed E-state index contributed by atoms with van der Waals surface area (Å²) in [5.74, 6) is 0.869. The van der Waals surface area contributed by atoms with E-state index in [0.29, 0.717) is 25.5 Å². The minimum Gasteiger partial charge on any atom is -0.490 e. The Morgan fingerprint density at radius 2 is 2.08 bits per heavy atom. The molecule has 0 radical (unpaired) electrons. The van der Waals surface area contributed by atoms with E-state index in [0.717, 1.165) is 37.9 Å². The summed E-state index contributed by atoms with van der Waals surface area (Å²) in [4.78, 5) is 12.0. The van der Waals surface area contributed by atoms with E-state index in [2.05, 4.69) is 15.4 Å². The Bertz CT molecular complexity index is 549. The van der Waals surface area contributed by atoms with Gasteiger partial charge in [0.1, 0.15) is 0 Å². The molecular weight excluding hydrogens is 330 g/mol. The van der Waals surface area contributed by atoms with E-state index in [9.17, 15) is 13.6 Å². The van der Waals surface area contributed by atoms with Crippen LogP contribution in [0.1, 0.15) is 38.2 Å². The van der Waals surface area contributed by atoms with Crippen molar-refractivity contribution in [3.05, 3.63) is 23.8 Å². The molecule has 1 aliphatic heterocycles. The summed E-state index contributed by atoms with van der Waals surface area (Å²) in [6.07, 6.45) is 3.65. The van der Waals surface area contributed by atoms with E-state index in [1.54, 1.807) is 19.1 Å². The topological polar surface area (TPSA) is 59.6 Å². The molecule has 0 unspecified atom stereocenters. The van der Waals surface area contributed by atoms with Crippen LogP contribution in [-0.2, 0) is 11.3 Å². The van der Waals surface area contributed by atoms with E-state index in [-0.39, 0.29) is 17.4 Å². The van der Waals surface area contributed by atoms with Gasteiger partial charge in [-0.15, -0.1) is 0 Å². The van der Waals surface area contributed by atoms with Gasteiger partial charge in [0.15, 0.2) is 11.5 Å². The lowest BCUT2D eigenvalue weighted by atomic mass is 9.93.